The molecule has 0 saturated heterocycles. The van der Waals surface area contributed by atoms with E-state index in [1.165, 1.54) is 12.1 Å². The van der Waals surface area contributed by atoms with Crippen LogP contribution in [-0.2, 0) is 14.9 Å². The topological polar surface area (TPSA) is 68.3 Å². The molecule has 0 atom stereocenters. The van der Waals surface area contributed by atoms with Crippen molar-refractivity contribution < 1.29 is 14.3 Å². The van der Waals surface area contributed by atoms with Gasteiger partial charge in [-0.3, -0.25) is 4.79 Å². The molecule has 0 aliphatic heterocycles. The molecule has 0 spiro atoms. The lowest BCUT2D eigenvalue weighted by atomic mass is 9.87. The predicted molar refractivity (Wildman–Crippen MR) is 98.3 cm³/mol. The van der Waals surface area contributed by atoms with Crippen LogP contribution >= 0.6 is 23.2 Å². The first kappa shape index (κ1) is 19.2. The number of anilines is 1. The number of halogens is 2. The van der Waals surface area contributed by atoms with Crippen molar-refractivity contribution in [2.45, 2.75) is 26.2 Å². The number of amides is 1. The summed E-state index contributed by atoms with van der Waals surface area (Å²) in [7, 11) is 0. The Morgan fingerprint density at radius 3 is 2.16 bits per heavy atom. The van der Waals surface area contributed by atoms with Crippen LogP contribution in [0.4, 0.5) is 5.69 Å². The standard InChI is InChI=1S/C18H18Cl2N2O3/c1-18(2,3)12-4-6-13(7-5-12)21-16(23)10-25-17(24)11-8-14(19)22-15(20)9-11/h4-9H,10H2,1-3H3,(H,21,23). The number of carbonyl (C=O) groups excluding carboxylic acids is 2. The summed E-state index contributed by atoms with van der Waals surface area (Å²) in [4.78, 5) is 27.6. The Morgan fingerprint density at radius 1 is 1.08 bits per heavy atom. The number of carbonyl (C=O) groups is 2. The van der Waals surface area contributed by atoms with Gasteiger partial charge >= 0.3 is 5.97 Å². The smallest absolute Gasteiger partial charge is 0.338 e. The second-order valence-electron chi connectivity index (χ2n) is 6.45. The first-order chi connectivity index (χ1) is 11.6. The molecule has 132 valence electrons. The second kappa shape index (κ2) is 7.85. The van der Waals surface area contributed by atoms with E-state index in [0.29, 0.717) is 5.69 Å². The van der Waals surface area contributed by atoms with Gasteiger partial charge in [0.2, 0.25) is 0 Å². The third-order valence-electron chi connectivity index (χ3n) is 3.37. The van der Waals surface area contributed by atoms with Crippen molar-refractivity contribution in [3.8, 4) is 0 Å². The number of aromatic nitrogens is 1. The van der Waals surface area contributed by atoms with Crippen LogP contribution in [0, 0.1) is 0 Å². The molecule has 2 rings (SSSR count). The molecule has 25 heavy (non-hydrogen) atoms. The molecule has 7 heteroatoms. The molecule has 5 nitrogen and oxygen atoms in total. The summed E-state index contributed by atoms with van der Waals surface area (Å²) in [5.41, 5.74) is 1.95. The van der Waals surface area contributed by atoms with Crippen molar-refractivity contribution in [2.75, 3.05) is 11.9 Å². The van der Waals surface area contributed by atoms with Gasteiger partial charge in [-0.25, -0.2) is 9.78 Å². The van der Waals surface area contributed by atoms with E-state index >= 15 is 0 Å². The van der Waals surface area contributed by atoms with Crippen LogP contribution in [-0.4, -0.2) is 23.5 Å². The predicted octanol–water partition coefficient (Wildman–Crippen LogP) is 4.48. The Bertz CT molecular complexity index is 764. The fraction of sp³-hybridized carbons (Fsp3) is 0.278. The molecule has 0 aliphatic rings. The maximum atomic E-state index is 11.9. The lowest BCUT2D eigenvalue weighted by Gasteiger charge is -2.19. The molecule has 1 amide bonds. The number of nitrogens with one attached hydrogen (secondary N) is 1. The van der Waals surface area contributed by atoms with Gasteiger partial charge in [-0.15, -0.1) is 0 Å². The zero-order valence-electron chi connectivity index (χ0n) is 14.1. The van der Waals surface area contributed by atoms with E-state index in [1.807, 2.05) is 24.3 Å². The SMILES string of the molecule is CC(C)(C)c1ccc(NC(=O)COC(=O)c2cc(Cl)nc(Cl)c2)cc1. The van der Waals surface area contributed by atoms with Crippen molar-refractivity contribution in [3.05, 3.63) is 57.8 Å². The number of rotatable bonds is 4. The van der Waals surface area contributed by atoms with Crippen molar-refractivity contribution in [2.24, 2.45) is 0 Å². The van der Waals surface area contributed by atoms with E-state index < -0.39 is 18.5 Å². The summed E-state index contributed by atoms with van der Waals surface area (Å²) in [5.74, 6) is -1.15. The highest BCUT2D eigenvalue weighted by molar-refractivity contribution is 6.32. The van der Waals surface area contributed by atoms with Gasteiger partial charge in [0.05, 0.1) is 5.56 Å². The van der Waals surface area contributed by atoms with Crippen molar-refractivity contribution in [1.29, 1.82) is 0 Å². The van der Waals surface area contributed by atoms with Crippen LogP contribution in [0.2, 0.25) is 10.3 Å². The van der Waals surface area contributed by atoms with E-state index in [4.69, 9.17) is 27.9 Å². The lowest BCUT2D eigenvalue weighted by molar-refractivity contribution is -0.119. The molecule has 1 N–H and O–H groups in total. The van der Waals surface area contributed by atoms with Gasteiger partial charge in [0.1, 0.15) is 10.3 Å². The van der Waals surface area contributed by atoms with E-state index in [0.717, 1.165) is 5.56 Å². The van der Waals surface area contributed by atoms with Crippen molar-refractivity contribution in [1.82, 2.24) is 4.98 Å². The first-order valence-electron chi connectivity index (χ1n) is 7.56. The summed E-state index contributed by atoms with van der Waals surface area (Å²) in [6.45, 7) is 5.91. The molecule has 0 fully saturated rings. The molecular formula is C18H18Cl2N2O3. The number of benzene rings is 1. The number of pyridine rings is 1. The fourth-order valence-corrected chi connectivity index (χ4v) is 2.51. The third-order valence-corrected chi connectivity index (χ3v) is 3.75. The monoisotopic (exact) mass is 380 g/mol. The van der Waals surface area contributed by atoms with E-state index in [9.17, 15) is 9.59 Å². The molecular weight excluding hydrogens is 363 g/mol. The highest BCUT2D eigenvalue weighted by Crippen LogP contribution is 2.23. The minimum Gasteiger partial charge on any atom is -0.452 e. The second-order valence-corrected chi connectivity index (χ2v) is 7.23. The fourth-order valence-electron chi connectivity index (χ4n) is 2.05. The van der Waals surface area contributed by atoms with Crippen molar-refractivity contribution >= 4 is 40.8 Å². The van der Waals surface area contributed by atoms with Crippen LogP contribution in [0.15, 0.2) is 36.4 Å². The number of esters is 1. The van der Waals surface area contributed by atoms with Crippen LogP contribution in [0.5, 0.6) is 0 Å². The van der Waals surface area contributed by atoms with Crippen LogP contribution in [0.3, 0.4) is 0 Å². The Morgan fingerprint density at radius 2 is 1.64 bits per heavy atom. The molecule has 1 aromatic heterocycles. The van der Waals surface area contributed by atoms with Gasteiger partial charge in [-0.2, -0.15) is 0 Å². The maximum Gasteiger partial charge on any atom is 0.338 e. The molecule has 0 bridgehead atoms. The molecule has 0 unspecified atom stereocenters. The number of ether oxygens (including phenoxy) is 1. The van der Waals surface area contributed by atoms with Gasteiger partial charge in [0, 0.05) is 5.69 Å². The Kier molecular flexibility index (Phi) is 6.03. The molecule has 1 aromatic carbocycles. The highest BCUT2D eigenvalue weighted by atomic mass is 35.5. The average molecular weight is 381 g/mol. The van der Waals surface area contributed by atoms with Gasteiger partial charge in [-0.05, 0) is 35.2 Å². The summed E-state index contributed by atoms with van der Waals surface area (Å²) >= 11 is 11.5. The van der Waals surface area contributed by atoms with E-state index in [-0.39, 0.29) is 21.3 Å². The van der Waals surface area contributed by atoms with Gasteiger partial charge in [0.15, 0.2) is 6.61 Å². The first-order valence-corrected chi connectivity index (χ1v) is 8.31. The van der Waals surface area contributed by atoms with Crippen molar-refractivity contribution in [3.63, 3.8) is 0 Å². The van der Waals surface area contributed by atoms with Gasteiger partial charge < -0.3 is 10.1 Å². The summed E-state index contributed by atoms with van der Waals surface area (Å²) < 4.78 is 4.95. The molecule has 1 heterocycles. The average Bonchev–Trinajstić information content (AvgIpc) is 2.51. The minimum absolute atomic E-state index is 0.0329. The largest absolute Gasteiger partial charge is 0.452 e. The van der Waals surface area contributed by atoms with Crippen LogP contribution in [0.1, 0.15) is 36.7 Å². The third kappa shape index (κ3) is 5.73. The van der Waals surface area contributed by atoms with Crippen LogP contribution < -0.4 is 5.32 Å². The maximum absolute atomic E-state index is 11.9. The van der Waals surface area contributed by atoms with E-state index in [2.05, 4.69) is 31.1 Å². The summed E-state index contributed by atoms with van der Waals surface area (Å²) in [5, 5.41) is 2.81. The molecule has 0 aliphatic carbocycles. The zero-order valence-corrected chi connectivity index (χ0v) is 15.6. The summed E-state index contributed by atoms with van der Waals surface area (Å²) in [6.07, 6.45) is 0. The number of hydrogen-bond donors (Lipinski definition) is 1. The Labute approximate surface area is 156 Å². The molecule has 0 radical (unpaired) electrons. The molecule has 0 saturated carbocycles. The van der Waals surface area contributed by atoms with Crippen LogP contribution in [0.25, 0.3) is 0 Å². The molecule has 2 aromatic rings. The van der Waals surface area contributed by atoms with E-state index in [1.54, 1.807) is 0 Å². The number of hydrogen-bond acceptors (Lipinski definition) is 4. The number of nitrogens with zero attached hydrogens (tertiary/aromatic N) is 1. The lowest BCUT2D eigenvalue weighted by Crippen LogP contribution is -2.21. The Hall–Kier alpha value is -2.11. The highest BCUT2D eigenvalue weighted by Gasteiger charge is 2.14. The zero-order chi connectivity index (χ0) is 18.6. The van der Waals surface area contributed by atoms with Gasteiger partial charge in [-0.1, -0.05) is 56.1 Å². The minimum atomic E-state index is -0.704. The van der Waals surface area contributed by atoms with Gasteiger partial charge in [0.25, 0.3) is 5.91 Å². The normalized spacial score (nSPS) is 11.1. The Balaban J connectivity index is 1.91. The summed E-state index contributed by atoms with van der Waals surface area (Å²) in [6, 6.07) is 10.1. The quantitative estimate of drug-likeness (QED) is 0.626.